The van der Waals surface area contributed by atoms with Crippen molar-refractivity contribution in [3.63, 3.8) is 0 Å². The van der Waals surface area contributed by atoms with Crippen LogP contribution in [0.25, 0.3) is 5.76 Å². The van der Waals surface area contributed by atoms with Gasteiger partial charge in [-0.25, -0.2) is 4.79 Å². The van der Waals surface area contributed by atoms with Crippen LogP contribution in [0.2, 0.25) is 0 Å². The van der Waals surface area contributed by atoms with Crippen molar-refractivity contribution in [2.24, 2.45) is 0 Å². The largest absolute Gasteiger partial charge is 0.507 e. The Kier molecular flexibility index (Phi) is 7.62. The zero-order valence-corrected chi connectivity index (χ0v) is 22.0. The van der Waals surface area contributed by atoms with Crippen LogP contribution in [0.5, 0.6) is 5.75 Å². The van der Waals surface area contributed by atoms with E-state index < -0.39 is 23.7 Å². The van der Waals surface area contributed by atoms with E-state index in [1.807, 2.05) is 13.8 Å². The summed E-state index contributed by atoms with van der Waals surface area (Å²) in [6.45, 7) is 7.48. The first kappa shape index (κ1) is 26.6. The summed E-state index contributed by atoms with van der Waals surface area (Å²) >= 11 is 0. The van der Waals surface area contributed by atoms with Gasteiger partial charge in [-0.1, -0.05) is 19.9 Å². The van der Waals surface area contributed by atoms with Crippen LogP contribution in [-0.2, 0) is 14.3 Å². The van der Waals surface area contributed by atoms with Crippen LogP contribution < -0.4 is 9.64 Å². The Morgan fingerprint density at radius 1 is 0.974 bits per heavy atom. The van der Waals surface area contributed by atoms with E-state index in [-0.39, 0.29) is 28.9 Å². The Bertz CT molecular complexity index is 1410. The highest BCUT2D eigenvalue weighted by atomic mass is 16.5. The number of pyridine rings is 1. The van der Waals surface area contributed by atoms with Gasteiger partial charge in [0.05, 0.1) is 30.4 Å². The number of rotatable bonds is 7. The number of amides is 1. The molecule has 0 bridgehead atoms. The van der Waals surface area contributed by atoms with Gasteiger partial charge in [0.2, 0.25) is 0 Å². The number of ketones is 1. The summed E-state index contributed by atoms with van der Waals surface area (Å²) in [7, 11) is 1.57. The van der Waals surface area contributed by atoms with Crippen molar-refractivity contribution in [1.29, 1.82) is 0 Å². The zero-order chi connectivity index (χ0) is 27.6. The van der Waals surface area contributed by atoms with Crippen LogP contribution in [0.15, 0.2) is 72.6 Å². The minimum atomic E-state index is -0.945. The summed E-state index contributed by atoms with van der Waals surface area (Å²) in [6, 6.07) is 13.9. The summed E-state index contributed by atoms with van der Waals surface area (Å²) in [5, 5.41) is 11.5. The number of aliphatic hydroxyl groups is 1. The SMILES string of the molecule is COc1ccc(/C(O)=C2/C(=O)C(=O)N(c3cccc(C(=O)OC(C)C)c3)C2c2ccncc2)cc1C(C)C. The average molecular weight is 515 g/mol. The summed E-state index contributed by atoms with van der Waals surface area (Å²) in [5.74, 6) is -1.75. The molecule has 2 heterocycles. The van der Waals surface area contributed by atoms with Crippen molar-refractivity contribution >= 4 is 29.1 Å². The maximum Gasteiger partial charge on any atom is 0.338 e. The molecule has 0 radical (unpaired) electrons. The lowest BCUT2D eigenvalue weighted by Gasteiger charge is -2.25. The van der Waals surface area contributed by atoms with E-state index >= 15 is 0 Å². The Morgan fingerprint density at radius 3 is 2.32 bits per heavy atom. The number of methoxy groups -OCH3 is 1. The molecule has 3 aromatic rings. The van der Waals surface area contributed by atoms with Crippen molar-refractivity contribution in [2.45, 2.75) is 45.8 Å². The van der Waals surface area contributed by atoms with Gasteiger partial charge in [-0.05, 0) is 79.4 Å². The highest BCUT2D eigenvalue weighted by Crippen LogP contribution is 2.42. The lowest BCUT2D eigenvalue weighted by molar-refractivity contribution is -0.132. The molecule has 1 atom stereocenters. The second-order valence-corrected chi connectivity index (χ2v) is 9.57. The van der Waals surface area contributed by atoms with Gasteiger partial charge < -0.3 is 14.6 Å². The van der Waals surface area contributed by atoms with Crippen LogP contribution in [-0.4, -0.2) is 41.0 Å². The first-order valence-electron chi connectivity index (χ1n) is 12.3. The van der Waals surface area contributed by atoms with Gasteiger partial charge in [0.1, 0.15) is 11.5 Å². The molecule has 0 spiro atoms. The number of anilines is 1. The van der Waals surface area contributed by atoms with E-state index in [4.69, 9.17) is 9.47 Å². The third-order valence-electron chi connectivity index (χ3n) is 6.29. The third-order valence-corrected chi connectivity index (χ3v) is 6.29. The number of nitrogens with zero attached hydrogens (tertiary/aromatic N) is 2. The fraction of sp³-hybridized carbons (Fsp3) is 0.267. The molecular weight excluding hydrogens is 484 g/mol. The van der Waals surface area contributed by atoms with Crippen molar-refractivity contribution in [2.75, 3.05) is 12.0 Å². The normalized spacial score (nSPS) is 16.8. The maximum absolute atomic E-state index is 13.5. The van der Waals surface area contributed by atoms with Gasteiger partial charge in [0.25, 0.3) is 11.7 Å². The first-order valence-corrected chi connectivity index (χ1v) is 12.3. The molecule has 1 N–H and O–H groups in total. The fourth-order valence-electron chi connectivity index (χ4n) is 4.51. The van der Waals surface area contributed by atoms with Crippen LogP contribution in [0, 0.1) is 0 Å². The molecule has 1 aliphatic heterocycles. The number of carbonyl (C=O) groups excluding carboxylic acids is 3. The van der Waals surface area contributed by atoms with Crippen molar-refractivity contribution in [3.8, 4) is 5.75 Å². The highest BCUT2D eigenvalue weighted by Gasteiger charge is 2.47. The van der Waals surface area contributed by atoms with Crippen molar-refractivity contribution < 1.29 is 29.0 Å². The molecule has 0 aliphatic carbocycles. The number of carbonyl (C=O) groups is 3. The molecule has 1 amide bonds. The predicted molar refractivity (Wildman–Crippen MR) is 143 cm³/mol. The quantitative estimate of drug-likeness (QED) is 0.195. The second kappa shape index (κ2) is 10.9. The van der Waals surface area contributed by atoms with Crippen LogP contribution in [0.3, 0.4) is 0 Å². The maximum atomic E-state index is 13.5. The van der Waals surface area contributed by atoms with Crippen LogP contribution in [0.4, 0.5) is 5.69 Å². The lowest BCUT2D eigenvalue weighted by atomic mass is 9.93. The molecule has 196 valence electrons. The number of ether oxygens (including phenoxy) is 2. The van der Waals surface area contributed by atoms with E-state index in [9.17, 15) is 19.5 Å². The van der Waals surface area contributed by atoms with Gasteiger partial charge in [-0.15, -0.1) is 0 Å². The topological polar surface area (TPSA) is 106 Å². The van der Waals surface area contributed by atoms with Gasteiger partial charge in [0.15, 0.2) is 0 Å². The molecule has 4 rings (SSSR count). The molecule has 8 nitrogen and oxygen atoms in total. The molecule has 1 fully saturated rings. The molecule has 1 unspecified atom stereocenters. The monoisotopic (exact) mass is 514 g/mol. The number of hydrogen-bond donors (Lipinski definition) is 1. The van der Waals surface area contributed by atoms with Gasteiger partial charge in [0, 0.05) is 23.6 Å². The molecule has 0 saturated carbocycles. The molecule has 1 aliphatic rings. The number of benzene rings is 2. The van der Waals surface area contributed by atoms with E-state index in [0.29, 0.717) is 22.6 Å². The molecule has 38 heavy (non-hydrogen) atoms. The summed E-state index contributed by atoms with van der Waals surface area (Å²) in [4.78, 5) is 44.8. The lowest BCUT2D eigenvalue weighted by Crippen LogP contribution is -2.29. The molecule has 1 aromatic heterocycles. The van der Waals surface area contributed by atoms with Gasteiger partial charge in [-0.2, -0.15) is 0 Å². The first-order chi connectivity index (χ1) is 18.1. The van der Waals surface area contributed by atoms with E-state index in [2.05, 4.69) is 4.98 Å². The van der Waals surface area contributed by atoms with E-state index in [0.717, 1.165) is 5.56 Å². The number of aromatic nitrogens is 1. The Morgan fingerprint density at radius 2 is 1.68 bits per heavy atom. The Labute approximate surface area is 221 Å². The van der Waals surface area contributed by atoms with E-state index in [1.54, 1.807) is 81.9 Å². The minimum Gasteiger partial charge on any atom is -0.507 e. The third kappa shape index (κ3) is 5.02. The average Bonchev–Trinajstić information content (AvgIpc) is 3.18. The fourth-order valence-corrected chi connectivity index (χ4v) is 4.51. The summed E-state index contributed by atoms with van der Waals surface area (Å²) in [5.41, 5.74) is 2.32. The number of hydrogen-bond acceptors (Lipinski definition) is 7. The number of aliphatic hydroxyl groups excluding tert-OH is 1. The second-order valence-electron chi connectivity index (χ2n) is 9.57. The van der Waals surface area contributed by atoms with Crippen LogP contribution >= 0.6 is 0 Å². The van der Waals surface area contributed by atoms with Crippen molar-refractivity contribution in [1.82, 2.24) is 4.98 Å². The van der Waals surface area contributed by atoms with Crippen LogP contribution in [0.1, 0.15) is 66.7 Å². The zero-order valence-electron chi connectivity index (χ0n) is 22.0. The standard InChI is InChI=1S/C30H30N2O6/c1-17(2)23-16-20(9-10-24(23)37-5)27(33)25-26(19-11-13-31-14-12-19)32(29(35)28(25)34)22-8-6-7-21(15-22)30(36)38-18(3)4/h6-18,26,33H,1-5H3/b27-25-. The number of esters is 1. The predicted octanol–water partition coefficient (Wildman–Crippen LogP) is 5.41. The molecule has 2 aromatic carbocycles. The van der Waals surface area contributed by atoms with Gasteiger partial charge in [-0.3, -0.25) is 19.5 Å². The van der Waals surface area contributed by atoms with Crippen molar-refractivity contribution in [3.05, 3.63) is 94.8 Å². The van der Waals surface area contributed by atoms with E-state index in [1.165, 1.54) is 11.0 Å². The van der Waals surface area contributed by atoms with Gasteiger partial charge >= 0.3 is 5.97 Å². The molecular formula is C30H30N2O6. The Balaban J connectivity index is 1.89. The Hall–Kier alpha value is -4.46. The number of Topliss-reactive ketones (excluding diaryl/α,β-unsaturated/α-hetero) is 1. The smallest absolute Gasteiger partial charge is 0.338 e. The highest BCUT2D eigenvalue weighted by molar-refractivity contribution is 6.51. The molecule has 1 saturated heterocycles. The summed E-state index contributed by atoms with van der Waals surface area (Å²) in [6.07, 6.45) is 2.78. The molecule has 8 heteroatoms. The summed E-state index contributed by atoms with van der Waals surface area (Å²) < 4.78 is 10.8. The minimum absolute atomic E-state index is 0.0590.